The van der Waals surface area contributed by atoms with Gasteiger partial charge in [-0.1, -0.05) is 6.07 Å². The van der Waals surface area contributed by atoms with E-state index in [0.717, 1.165) is 11.8 Å². The summed E-state index contributed by atoms with van der Waals surface area (Å²) in [6.45, 7) is -2.31. The van der Waals surface area contributed by atoms with Crippen LogP contribution in [0.3, 0.4) is 0 Å². The first kappa shape index (κ1) is 24.4. The number of nitrogens with one attached hydrogen (secondary N) is 1. The van der Waals surface area contributed by atoms with E-state index in [1.165, 1.54) is 31.4 Å². The first-order valence-corrected chi connectivity index (χ1v) is 11.4. The third-order valence-electron chi connectivity index (χ3n) is 4.25. The maximum absolute atomic E-state index is 12.5. The number of hydrogen-bond acceptors (Lipinski definition) is 6. The monoisotopic (exact) mass is 457 g/mol. The van der Waals surface area contributed by atoms with Gasteiger partial charge in [-0.15, -0.1) is 0 Å². The molecular weight excluding hydrogens is 432 g/mol. The molecule has 0 aliphatic carbocycles. The molecule has 0 atom stereocenters. The Bertz CT molecular complexity index is 964. The summed E-state index contributed by atoms with van der Waals surface area (Å²) >= 11 is 0. The minimum Gasteiger partial charge on any atom is -0.494 e. The summed E-state index contributed by atoms with van der Waals surface area (Å²) in [6, 6.07) is 10.8. The fourth-order valence-corrected chi connectivity index (χ4v) is 3.34. The van der Waals surface area contributed by atoms with E-state index in [1.54, 1.807) is 18.2 Å². The van der Waals surface area contributed by atoms with Crippen molar-refractivity contribution in [1.82, 2.24) is 5.32 Å². The Labute approximate surface area is 180 Å². The van der Waals surface area contributed by atoms with Crippen molar-refractivity contribution in [3.63, 3.8) is 0 Å². The van der Waals surface area contributed by atoms with Crippen molar-refractivity contribution in [2.75, 3.05) is 26.5 Å². The van der Waals surface area contributed by atoms with Crippen molar-refractivity contribution in [3.05, 3.63) is 48.0 Å². The number of sulfone groups is 1. The molecule has 0 radical (unpaired) electrons. The van der Waals surface area contributed by atoms with Gasteiger partial charge in [0.25, 0.3) is 0 Å². The molecule has 31 heavy (non-hydrogen) atoms. The molecule has 0 spiro atoms. The number of carbonyl (C=O) groups is 1. The van der Waals surface area contributed by atoms with Crippen molar-refractivity contribution in [3.8, 4) is 17.2 Å². The Kier molecular flexibility index (Phi) is 9.04. The average Bonchev–Trinajstić information content (AvgIpc) is 2.71. The van der Waals surface area contributed by atoms with Gasteiger partial charge in [0, 0.05) is 19.2 Å². The van der Waals surface area contributed by atoms with Gasteiger partial charge in [0.15, 0.2) is 21.3 Å². The molecule has 0 heterocycles. The number of hydrogen-bond donors (Lipinski definition) is 1. The van der Waals surface area contributed by atoms with Gasteiger partial charge in [-0.2, -0.15) is 8.78 Å². The van der Waals surface area contributed by atoms with E-state index in [2.05, 4.69) is 10.1 Å². The Balaban J connectivity index is 1.69. The van der Waals surface area contributed by atoms with Crippen molar-refractivity contribution < 1.29 is 36.2 Å². The molecule has 0 aliphatic rings. The minimum absolute atomic E-state index is 0.0527. The van der Waals surface area contributed by atoms with E-state index in [9.17, 15) is 22.0 Å². The van der Waals surface area contributed by atoms with Crippen LogP contribution < -0.4 is 19.5 Å². The van der Waals surface area contributed by atoms with Gasteiger partial charge in [-0.05, 0) is 54.8 Å². The summed E-state index contributed by atoms with van der Waals surface area (Å²) in [4.78, 5) is 12.1. The van der Waals surface area contributed by atoms with Crippen LogP contribution in [-0.2, 0) is 21.1 Å². The SMILES string of the molecule is COc1ccc(CCNC(=O)CCCOc2ccc(S(C)(=O)=O)cc2)cc1OC(F)F. The number of amides is 1. The van der Waals surface area contributed by atoms with E-state index >= 15 is 0 Å². The lowest BCUT2D eigenvalue weighted by atomic mass is 10.1. The molecule has 0 saturated heterocycles. The van der Waals surface area contributed by atoms with Crippen LogP contribution in [0.5, 0.6) is 17.2 Å². The number of halogens is 2. The number of rotatable bonds is 12. The Morgan fingerprint density at radius 1 is 1.10 bits per heavy atom. The van der Waals surface area contributed by atoms with E-state index in [1.807, 2.05) is 0 Å². The molecule has 10 heteroatoms. The zero-order valence-electron chi connectivity index (χ0n) is 17.3. The van der Waals surface area contributed by atoms with Gasteiger partial charge in [-0.25, -0.2) is 8.42 Å². The molecule has 0 aromatic heterocycles. The topological polar surface area (TPSA) is 90.9 Å². The number of ether oxygens (including phenoxy) is 3. The highest BCUT2D eigenvalue weighted by atomic mass is 32.2. The molecule has 2 rings (SSSR count). The zero-order chi connectivity index (χ0) is 22.9. The fraction of sp³-hybridized carbons (Fsp3) is 0.381. The lowest BCUT2D eigenvalue weighted by Crippen LogP contribution is -2.25. The molecule has 0 unspecified atom stereocenters. The van der Waals surface area contributed by atoms with Crippen LogP contribution in [0.1, 0.15) is 18.4 Å². The summed E-state index contributed by atoms with van der Waals surface area (Å²) in [7, 11) is -1.89. The summed E-state index contributed by atoms with van der Waals surface area (Å²) in [5.41, 5.74) is 0.720. The van der Waals surface area contributed by atoms with Gasteiger partial charge < -0.3 is 19.5 Å². The van der Waals surface area contributed by atoms with Gasteiger partial charge in [0.2, 0.25) is 5.91 Å². The number of carbonyl (C=O) groups excluding carboxylic acids is 1. The van der Waals surface area contributed by atoms with Crippen LogP contribution in [0.15, 0.2) is 47.4 Å². The molecule has 0 fully saturated rings. The Morgan fingerprint density at radius 2 is 1.81 bits per heavy atom. The largest absolute Gasteiger partial charge is 0.494 e. The van der Waals surface area contributed by atoms with Crippen LogP contribution in [-0.4, -0.2) is 47.5 Å². The zero-order valence-corrected chi connectivity index (χ0v) is 18.1. The third kappa shape index (κ3) is 8.41. The molecule has 170 valence electrons. The predicted octanol–water partition coefficient (Wildman–Crippen LogP) is 3.22. The number of benzene rings is 2. The third-order valence-corrected chi connectivity index (χ3v) is 5.38. The highest BCUT2D eigenvalue weighted by Gasteiger charge is 2.11. The molecule has 0 bridgehead atoms. The second-order valence-electron chi connectivity index (χ2n) is 6.66. The van der Waals surface area contributed by atoms with Crippen LogP contribution in [0, 0.1) is 0 Å². The Hall–Kier alpha value is -2.88. The Morgan fingerprint density at radius 3 is 2.42 bits per heavy atom. The lowest BCUT2D eigenvalue weighted by Gasteiger charge is -2.12. The van der Waals surface area contributed by atoms with E-state index in [-0.39, 0.29) is 28.7 Å². The number of alkyl halides is 2. The summed E-state index contributed by atoms with van der Waals surface area (Å²) < 4.78 is 62.7. The van der Waals surface area contributed by atoms with Crippen molar-refractivity contribution in [2.45, 2.75) is 30.8 Å². The first-order chi connectivity index (χ1) is 14.7. The summed E-state index contributed by atoms with van der Waals surface area (Å²) in [5.74, 6) is 0.518. The predicted molar refractivity (Wildman–Crippen MR) is 111 cm³/mol. The second kappa shape index (κ2) is 11.5. The van der Waals surface area contributed by atoms with Crippen LogP contribution in [0.4, 0.5) is 8.78 Å². The molecule has 1 amide bonds. The van der Waals surface area contributed by atoms with E-state index < -0.39 is 16.4 Å². The maximum atomic E-state index is 12.5. The lowest BCUT2D eigenvalue weighted by molar-refractivity contribution is -0.121. The maximum Gasteiger partial charge on any atom is 0.387 e. The highest BCUT2D eigenvalue weighted by Crippen LogP contribution is 2.29. The van der Waals surface area contributed by atoms with Crippen LogP contribution in [0.2, 0.25) is 0 Å². The normalized spacial score (nSPS) is 11.3. The first-order valence-electron chi connectivity index (χ1n) is 9.50. The fourth-order valence-electron chi connectivity index (χ4n) is 2.71. The molecular formula is C21H25F2NO6S. The summed E-state index contributed by atoms with van der Waals surface area (Å²) in [5, 5.41) is 2.76. The summed E-state index contributed by atoms with van der Waals surface area (Å²) in [6.07, 6.45) is 2.31. The van der Waals surface area contributed by atoms with Gasteiger partial charge in [0.05, 0.1) is 18.6 Å². The standard InChI is InChI=1S/C21H25F2NO6S/c1-28-18-10-5-15(14-19(18)30-21(22)23)11-12-24-20(25)4-3-13-29-16-6-8-17(9-7-16)31(2,26)27/h5-10,14,21H,3-4,11-13H2,1-2H3,(H,24,25). The van der Waals surface area contributed by atoms with Crippen molar-refractivity contribution in [2.24, 2.45) is 0 Å². The van der Waals surface area contributed by atoms with E-state index in [4.69, 9.17) is 9.47 Å². The minimum atomic E-state index is -3.25. The highest BCUT2D eigenvalue weighted by molar-refractivity contribution is 7.90. The van der Waals surface area contributed by atoms with Gasteiger partial charge in [-0.3, -0.25) is 4.79 Å². The van der Waals surface area contributed by atoms with Crippen LogP contribution >= 0.6 is 0 Å². The van der Waals surface area contributed by atoms with Crippen molar-refractivity contribution in [1.29, 1.82) is 0 Å². The molecule has 0 aliphatic heterocycles. The number of methoxy groups -OCH3 is 1. The van der Waals surface area contributed by atoms with E-state index in [0.29, 0.717) is 31.7 Å². The molecule has 1 N–H and O–H groups in total. The molecule has 2 aromatic rings. The quantitative estimate of drug-likeness (QED) is 0.492. The molecule has 7 nitrogen and oxygen atoms in total. The van der Waals surface area contributed by atoms with Gasteiger partial charge in [0.1, 0.15) is 5.75 Å². The average molecular weight is 457 g/mol. The van der Waals surface area contributed by atoms with Crippen molar-refractivity contribution >= 4 is 15.7 Å². The van der Waals surface area contributed by atoms with Crippen LogP contribution in [0.25, 0.3) is 0 Å². The smallest absolute Gasteiger partial charge is 0.387 e. The van der Waals surface area contributed by atoms with Gasteiger partial charge >= 0.3 is 6.61 Å². The second-order valence-corrected chi connectivity index (χ2v) is 8.67. The molecule has 0 saturated carbocycles. The molecule has 2 aromatic carbocycles.